The van der Waals surface area contributed by atoms with E-state index < -0.39 is 9.84 Å². The Morgan fingerprint density at radius 3 is 2.21 bits per heavy atom. The van der Waals surface area contributed by atoms with Crippen molar-refractivity contribution in [3.63, 3.8) is 0 Å². The lowest BCUT2D eigenvalue weighted by Gasteiger charge is -2.13. The van der Waals surface area contributed by atoms with E-state index in [4.69, 9.17) is 4.98 Å². The predicted octanol–water partition coefficient (Wildman–Crippen LogP) is 6.52. The first-order valence-electron chi connectivity index (χ1n) is 13.0. The molecule has 0 atom stereocenters. The van der Waals surface area contributed by atoms with Crippen molar-refractivity contribution in [2.24, 2.45) is 5.16 Å². The number of rotatable bonds is 8. The number of hydrogen-bond donors (Lipinski definition) is 1. The molecule has 0 fully saturated rings. The van der Waals surface area contributed by atoms with E-state index in [-0.39, 0.29) is 4.90 Å². The van der Waals surface area contributed by atoms with Crippen molar-refractivity contribution in [1.82, 2.24) is 19.7 Å². The lowest BCUT2D eigenvalue weighted by molar-refractivity contribution is 0.319. The summed E-state index contributed by atoms with van der Waals surface area (Å²) in [6.45, 7) is 0. The first-order chi connectivity index (χ1) is 20.4. The number of pyridine rings is 1. The third-order valence-electron chi connectivity index (χ3n) is 6.75. The van der Waals surface area contributed by atoms with E-state index >= 15 is 0 Å². The molecule has 2 heterocycles. The number of oxime groups is 1. The number of para-hydroxylation sites is 2. The van der Waals surface area contributed by atoms with E-state index in [1.165, 1.54) is 18.0 Å². The average Bonchev–Trinajstić information content (AvgIpc) is 3.45. The Morgan fingerprint density at radius 1 is 0.857 bits per heavy atom. The molecule has 10 heteroatoms. The Hall–Kier alpha value is -4.80. The molecule has 0 amide bonds. The fourth-order valence-corrected chi connectivity index (χ4v) is 6.20. The van der Waals surface area contributed by atoms with Crippen molar-refractivity contribution < 1.29 is 13.6 Å². The van der Waals surface area contributed by atoms with Gasteiger partial charge in [0.2, 0.25) is 0 Å². The Balaban J connectivity index is 1.48. The van der Waals surface area contributed by atoms with E-state index in [1.54, 1.807) is 24.3 Å². The summed E-state index contributed by atoms with van der Waals surface area (Å²) in [5, 5.41) is 24.0. The van der Waals surface area contributed by atoms with Crippen molar-refractivity contribution in [2.45, 2.75) is 10.1 Å². The van der Waals surface area contributed by atoms with Crippen LogP contribution < -0.4 is 0 Å². The van der Waals surface area contributed by atoms with E-state index in [0.29, 0.717) is 28.1 Å². The molecule has 0 saturated heterocycles. The summed E-state index contributed by atoms with van der Waals surface area (Å²) in [5.74, 6) is 0.999. The normalized spacial score (nSPS) is 12.1. The second-order valence-electron chi connectivity index (χ2n) is 9.55. The maximum absolute atomic E-state index is 12.0. The molecule has 6 aromatic rings. The molecule has 0 aliphatic carbocycles. The van der Waals surface area contributed by atoms with E-state index in [0.717, 1.165) is 33.3 Å². The summed E-state index contributed by atoms with van der Waals surface area (Å²) in [6, 6.07) is 35.8. The van der Waals surface area contributed by atoms with Crippen LogP contribution in [0.15, 0.2) is 130 Å². The Kier molecular flexibility index (Phi) is 7.56. The number of sulfone groups is 1. The van der Waals surface area contributed by atoms with Crippen molar-refractivity contribution in [2.75, 3.05) is 12.0 Å². The van der Waals surface area contributed by atoms with Crippen molar-refractivity contribution >= 4 is 38.2 Å². The van der Waals surface area contributed by atoms with Gasteiger partial charge in [0.25, 0.3) is 0 Å². The summed E-state index contributed by atoms with van der Waals surface area (Å²) >= 11 is 1.42. The maximum Gasteiger partial charge on any atom is 0.196 e. The Morgan fingerprint density at radius 2 is 1.52 bits per heavy atom. The number of fused-ring (bicyclic) bond motifs is 1. The van der Waals surface area contributed by atoms with Gasteiger partial charge in [-0.1, -0.05) is 95.8 Å². The minimum Gasteiger partial charge on any atom is -0.411 e. The van der Waals surface area contributed by atoms with Gasteiger partial charge in [-0.25, -0.2) is 13.4 Å². The molecule has 208 valence electrons. The van der Waals surface area contributed by atoms with Crippen LogP contribution in [0.4, 0.5) is 0 Å². The third kappa shape index (κ3) is 5.54. The highest BCUT2D eigenvalue weighted by Crippen LogP contribution is 2.35. The lowest BCUT2D eigenvalue weighted by atomic mass is 10.0. The minimum atomic E-state index is -3.32. The second-order valence-corrected chi connectivity index (χ2v) is 12.5. The van der Waals surface area contributed by atoms with Gasteiger partial charge in [0.05, 0.1) is 21.8 Å². The van der Waals surface area contributed by atoms with Gasteiger partial charge in [0.1, 0.15) is 0 Å². The highest BCUT2D eigenvalue weighted by molar-refractivity contribution is 7.99. The zero-order chi connectivity index (χ0) is 29.1. The number of benzene rings is 4. The SMILES string of the molecule is CS(=O)(=O)c1ccc(-c2cc(-c3nnc(SC/C(=N/O)c4ccccc4)n3-c3ccccc3)c3ccccc3n2)cc1. The predicted molar refractivity (Wildman–Crippen MR) is 166 cm³/mol. The zero-order valence-electron chi connectivity index (χ0n) is 22.5. The number of nitrogens with zero attached hydrogens (tertiary/aromatic N) is 5. The molecule has 0 aliphatic rings. The molecule has 0 bridgehead atoms. The topological polar surface area (TPSA) is 110 Å². The van der Waals surface area contributed by atoms with Crippen LogP contribution in [0, 0.1) is 0 Å². The van der Waals surface area contributed by atoms with Crippen LogP contribution in [0.3, 0.4) is 0 Å². The number of thioether (sulfide) groups is 1. The van der Waals surface area contributed by atoms with Crippen molar-refractivity contribution in [1.29, 1.82) is 0 Å². The van der Waals surface area contributed by atoms with Crippen LogP contribution in [0.5, 0.6) is 0 Å². The molecule has 6 rings (SSSR count). The van der Waals surface area contributed by atoms with Gasteiger partial charge in [-0.2, -0.15) is 0 Å². The quantitative estimate of drug-likeness (QED) is 0.0928. The molecular weight excluding hydrogens is 567 g/mol. The average molecular weight is 592 g/mol. The van der Waals surface area contributed by atoms with Crippen molar-refractivity contribution in [3.05, 3.63) is 121 Å². The van der Waals surface area contributed by atoms with E-state index in [9.17, 15) is 13.6 Å². The summed E-state index contributed by atoms with van der Waals surface area (Å²) in [7, 11) is -3.32. The van der Waals surface area contributed by atoms with Crippen molar-refractivity contribution in [3.8, 4) is 28.3 Å². The van der Waals surface area contributed by atoms with Gasteiger partial charge in [0, 0.05) is 39.8 Å². The monoisotopic (exact) mass is 591 g/mol. The lowest BCUT2D eigenvalue weighted by Crippen LogP contribution is -2.06. The molecule has 0 radical (unpaired) electrons. The van der Waals surface area contributed by atoms with Gasteiger partial charge >= 0.3 is 0 Å². The third-order valence-corrected chi connectivity index (χ3v) is 8.82. The van der Waals surface area contributed by atoms with Gasteiger partial charge in [-0.3, -0.25) is 4.57 Å². The molecule has 0 aliphatic heterocycles. The van der Waals surface area contributed by atoms with E-state index in [2.05, 4.69) is 15.4 Å². The first-order valence-corrected chi connectivity index (χ1v) is 15.9. The van der Waals surface area contributed by atoms with Crippen LogP contribution in [-0.4, -0.2) is 51.1 Å². The van der Waals surface area contributed by atoms with Gasteiger partial charge in [0.15, 0.2) is 20.8 Å². The van der Waals surface area contributed by atoms with Crippen LogP contribution in [0.2, 0.25) is 0 Å². The fourth-order valence-electron chi connectivity index (χ4n) is 4.66. The Bertz CT molecular complexity index is 2010. The Labute approximate surface area is 247 Å². The van der Waals surface area contributed by atoms with Crippen LogP contribution >= 0.6 is 11.8 Å². The van der Waals surface area contributed by atoms with Gasteiger partial charge in [-0.15, -0.1) is 10.2 Å². The molecule has 0 saturated carbocycles. The largest absolute Gasteiger partial charge is 0.411 e. The van der Waals surface area contributed by atoms with Gasteiger partial charge < -0.3 is 5.21 Å². The molecule has 42 heavy (non-hydrogen) atoms. The summed E-state index contributed by atoms with van der Waals surface area (Å²) in [5.41, 5.74) is 5.28. The minimum absolute atomic E-state index is 0.249. The molecule has 1 N–H and O–H groups in total. The molecule has 0 spiro atoms. The van der Waals surface area contributed by atoms with Crippen LogP contribution in [0.25, 0.3) is 39.2 Å². The summed E-state index contributed by atoms with van der Waals surface area (Å²) < 4.78 is 26.0. The molecular formula is C32H25N5O3S2. The fraction of sp³-hybridized carbons (Fsp3) is 0.0625. The first kappa shape index (κ1) is 27.4. The zero-order valence-corrected chi connectivity index (χ0v) is 24.1. The van der Waals surface area contributed by atoms with Gasteiger partial charge in [-0.05, 0) is 36.4 Å². The second kappa shape index (κ2) is 11.6. The standard InChI is InChI=1S/C32H25N5O3S2/c1-42(39,40)25-18-16-23(17-19-25)29-20-27(26-14-8-9-15-28(26)33-29)31-34-35-32(37(31)24-12-6-3-7-13-24)41-21-30(36-38)22-10-4-2-5-11-22/h2-20,38H,21H2,1H3/b36-30-. The van der Waals surface area contributed by atoms with Crippen LogP contribution in [-0.2, 0) is 9.84 Å². The van der Waals surface area contributed by atoms with Crippen LogP contribution in [0.1, 0.15) is 5.56 Å². The summed E-state index contributed by atoms with van der Waals surface area (Å²) in [6.07, 6.45) is 1.19. The molecule has 2 aromatic heterocycles. The summed E-state index contributed by atoms with van der Waals surface area (Å²) in [4.78, 5) is 5.13. The molecule has 8 nitrogen and oxygen atoms in total. The maximum atomic E-state index is 12.0. The number of aromatic nitrogens is 4. The number of hydrogen-bond acceptors (Lipinski definition) is 8. The van der Waals surface area contributed by atoms with E-state index in [1.807, 2.05) is 95.6 Å². The molecule has 0 unspecified atom stereocenters. The smallest absolute Gasteiger partial charge is 0.196 e. The molecule has 4 aromatic carbocycles. The highest BCUT2D eigenvalue weighted by atomic mass is 32.2. The highest BCUT2D eigenvalue weighted by Gasteiger charge is 2.21.